The van der Waals surface area contributed by atoms with Gasteiger partial charge in [-0.05, 0) is 29.3 Å². The lowest BCUT2D eigenvalue weighted by atomic mass is 10.0. The van der Waals surface area contributed by atoms with Crippen molar-refractivity contribution in [2.24, 2.45) is 0 Å². The van der Waals surface area contributed by atoms with Crippen molar-refractivity contribution >= 4 is 23.3 Å². The first-order chi connectivity index (χ1) is 13.5. The number of esters is 1. The number of anilines is 1. The topological polar surface area (TPSA) is 98.5 Å². The molecule has 0 unspecified atom stereocenters. The van der Waals surface area contributed by atoms with Gasteiger partial charge in [0.05, 0.1) is 10.5 Å². The van der Waals surface area contributed by atoms with E-state index in [4.69, 9.17) is 4.74 Å². The van der Waals surface area contributed by atoms with E-state index in [1.54, 1.807) is 24.3 Å². The summed E-state index contributed by atoms with van der Waals surface area (Å²) in [4.78, 5) is 34.2. The molecule has 3 aromatic rings. The molecule has 0 aliphatic heterocycles. The fourth-order valence-electron chi connectivity index (χ4n) is 2.54. The van der Waals surface area contributed by atoms with E-state index >= 15 is 0 Å². The van der Waals surface area contributed by atoms with Gasteiger partial charge < -0.3 is 10.1 Å². The minimum Gasteiger partial charge on any atom is -0.452 e. The molecule has 1 N–H and O–H groups in total. The van der Waals surface area contributed by atoms with Crippen LogP contribution < -0.4 is 5.32 Å². The second-order valence-electron chi connectivity index (χ2n) is 5.88. The SMILES string of the molecule is O=C(COC(=O)c1ccc(-c2ccccc2)cc1)Nc1cccc([N+](=O)[O-])c1. The van der Waals surface area contributed by atoms with Gasteiger partial charge in [-0.15, -0.1) is 0 Å². The van der Waals surface area contributed by atoms with Crippen molar-refractivity contribution in [2.45, 2.75) is 0 Å². The summed E-state index contributed by atoms with van der Waals surface area (Å²) in [6, 6.07) is 22.1. The number of nitrogens with one attached hydrogen (secondary N) is 1. The molecule has 0 atom stereocenters. The third-order valence-electron chi connectivity index (χ3n) is 3.90. The molecule has 140 valence electrons. The number of hydrogen-bond acceptors (Lipinski definition) is 5. The maximum Gasteiger partial charge on any atom is 0.338 e. The molecule has 0 radical (unpaired) electrons. The van der Waals surface area contributed by atoms with Gasteiger partial charge in [-0.1, -0.05) is 48.5 Å². The van der Waals surface area contributed by atoms with Crippen molar-refractivity contribution < 1.29 is 19.2 Å². The maximum absolute atomic E-state index is 12.1. The van der Waals surface area contributed by atoms with Gasteiger partial charge in [0.2, 0.25) is 0 Å². The molecule has 1 amide bonds. The lowest BCUT2D eigenvalue weighted by Crippen LogP contribution is -2.20. The lowest BCUT2D eigenvalue weighted by Gasteiger charge is -2.07. The van der Waals surface area contributed by atoms with Gasteiger partial charge in [-0.25, -0.2) is 4.79 Å². The van der Waals surface area contributed by atoms with Crippen LogP contribution >= 0.6 is 0 Å². The van der Waals surface area contributed by atoms with Crippen LogP contribution in [0.2, 0.25) is 0 Å². The molecular formula is C21H16N2O5. The molecule has 0 aromatic heterocycles. The number of nitrogens with zero attached hydrogens (tertiary/aromatic N) is 1. The molecule has 28 heavy (non-hydrogen) atoms. The first kappa shape index (κ1) is 18.8. The van der Waals surface area contributed by atoms with Crippen LogP contribution in [0, 0.1) is 10.1 Å². The monoisotopic (exact) mass is 376 g/mol. The summed E-state index contributed by atoms with van der Waals surface area (Å²) < 4.78 is 5.00. The van der Waals surface area contributed by atoms with E-state index in [0.717, 1.165) is 11.1 Å². The van der Waals surface area contributed by atoms with Crippen LogP contribution in [0.5, 0.6) is 0 Å². The highest BCUT2D eigenvalue weighted by Gasteiger charge is 2.12. The molecule has 0 saturated carbocycles. The summed E-state index contributed by atoms with van der Waals surface area (Å²) in [6.45, 7) is -0.498. The van der Waals surface area contributed by atoms with E-state index < -0.39 is 23.4 Å². The predicted molar refractivity (Wildman–Crippen MR) is 104 cm³/mol. The van der Waals surface area contributed by atoms with Crippen molar-refractivity contribution in [3.63, 3.8) is 0 Å². The quantitative estimate of drug-likeness (QED) is 0.397. The Morgan fingerprint density at radius 1 is 0.893 bits per heavy atom. The van der Waals surface area contributed by atoms with Crippen LogP contribution in [0.1, 0.15) is 10.4 Å². The minimum absolute atomic E-state index is 0.145. The van der Waals surface area contributed by atoms with E-state index in [2.05, 4.69) is 5.32 Å². The molecule has 0 aliphatic rings. The molecule has 0 fully saturated rings. The Morgan fingerprint density at radius 2 is 1.57 bits per heavy atom. The molecule has 3 aromatic carbocycles. The van der Waals surface area contributed by atoms with Gasteiger partial charge in [-0.2, -0.15) is 0 Å². The molecule has 7 heteroatoms. The first-order valence-electron chi connectivity index (χ1n) is 8.40. The summed E-state index contributed by atoms with van der Waals surface area (Å²) in [5.74, 6) is -1.22. The van der Waals surface area contributed by atoms with Gasteiger partial charge in [0, 0.05) is 17.8 Å². The smallest absolute Gasteiger partial charge is 0.338 e. The van der Waals surface area contributed by atoms with Crippen LogP contribution in [-0.4, -0.2) is 23.4 Å². The summed E-state index contributed by atoms with van der Waals surface area (Å²) >= 11 is 0. The molecule has 0 aliphatic carbocycles. The molecule has 0 heterocycles. The van der Waals surface area contributed by atoms with Gasteiger partial charge in [-0.3, -0.25) is 14.9 Å². The fourth-order valence-corrected chi connectivity index (χ4v) is 2.54. The summed E-state index contributed by atoms with van der Waals surface area (Å²) in [6.07, 6.45) is 0. The number of amides is 1. The van der Waals surface area contributed by atoms with E-state index in [9.17, 15) is 19.7 Å². The van der Waals surface area contributed by atoms with Crippen LogP contribution in [-0.2, 0) is 9.53 Å². The third-order valence-corrected chi connectivity index (χ3v) is 3.90. The molecule has 7 nitrogen and oxygen atoms in total. The Kier molecular flexibility index (Phi) is 5.76. The Hall–Kier alpha value is -4.00. The van der Waals surface area contributed by atoms with E-state index in [1.165, 1.54) is 24.3 Å². The van der Waals surface area contributed by atoms with E-state index in [0.29, 0.717) is 5.56 Å². The van der Waals surface area contributed by atoms with Crippen LogP contribution in [0.15, 0.2) is 78.9 Å². The number of nitro benzene ring substituents is 1. The predicted octanol–water partition coefficient (Wildman–Crippen LogP) is 4.06. The van der Waals surface area contributed by atoms with Gasteiger partial charge in [0.25, 0.3) is 11.6 Å². The number of rotatable bonds is 6. The molecule has 0 saturated heterocycles. The Labute approximate surface area is 160 Å². The number of hydrogen-bond donors (Lipinski definition) is 1. The third kappa shape index (κ3) is 4.79. The van der Waals surface area contributed by atoms with Crippen LogP contribution in [0.4, 0.5) is 11.4 Å². The Balaban J connectivity index is 1.55. The molecule has 3 rings (SSSR count). The number of ether oxygens (including phenoxy) is 1. The van der Waals surface area contributed by atoms with Crippen molar-refractivity contribution in [2.75, 3.05) is 11.9 Å². The average molecular weight is 376 g/mol. The number of non-ortho nitro benzene ring substituents is 1. The maximum atomic E-state index is 12.1. The first-order valence-corrected chi connectivity index (χ1v) is 8.40. The second-order valence-corrected chi connectivity index (χ2v) is 5.88. The molecular weight excluding hydrogens is 360 g/mol. The zero-order valence-corrected chi connectivity index (χ0v) is 14.7. The van der Waals surface area contributed by atoms with Gasteiger partial charge >= 0.3 is 5.97 Å². The highest BCUT2D eigenvalue weighted by atomic mass is 16.6. The van der Waals surface area contributed by atoms with Crippen molar-refractivity contribution in [3.05, 3.63) is 94.5 Å². The Bertz CT molecular complexity index is 1000. The zero-order valence-electron chi connectivity index (χ0n) is 14.7. The summed E-state index contributed by atoms with van der Waals surface area (Å²) in [7, 11) is 0. The normalized spacial score (nSPS) is 10.1. The minimum atomic E-state index is -0.631. The highest BCUT2D eigenvalue weighted by molar-refractivity contribution is 5.95. The fraction of sp³-hybridized carbons (Fsp3) is 0.0476. The number of carbonyl (C=O) groups excluding carboxylic acids is 2. The summed E-state index contributed by atoms with van der Waals surface area (Å²) in [5.41, 5.74) is 2.41. The largest absolute Gasteiger partial charge is 0.452 e. The zero-order chi connectivity index (χ0) is 19.9. The Morgan fingerprint density at radius 3 is 2.25 bits per heavy atom. The molecule has 0 spiro atoms. The van der Waals surface area contributed by atoms with Crippen molar-refractivity contribution in [1.82, 2.24) is 0 Å². The van der Waals surface area contributed by atoms with Crippen molar-refractivity contribution in [3.8, 4) is 11.1 Å². The molecule has 0 bridgehead atoms. The number of benzene rings is 3. The lowest BCUT2D eigenvalue weighted by molar-refractivity contribution is -0.384. The average Bonchev–Trinajstić information content (AvgIpc) is 2.73. The van der Waals surface area contributed by atoms with Gasteiger partial charge in [0.1, 0.15) is 0 Å². The standard InChI is InChI=1S/C21H16N2O5/c24-20(22-18-7-4-8-19(13-18)23(26)27)14-28-21(25)17-11-9-16(10-12-17)15-5-2-1-3-6-15/h1-13H,14H2,(H,22,24). The van der Waals surface area contributed by atoms with E-state index in [-0.39, 0.29) is 11.4 Å². The van der Waals surface area contributed by atoms with Gasteiger partial charge in [0.15, 0.2) is 6.61 Å². The van der Waals surface area contributed by atoms with Crippen LogP contribution in [0.3, 0.4) is 0 Å². The van der Waals surface area contributed by atoms with Crippen LogP contribution in [0.25, 0.3) is 11.1 Å². The number of nitro groups is 1. The highest BCUT2D eigenvalue weighted by Crippen LogP contribution is 2.20. The van der Waals surface area contributed by atoms with Crippen molar-refractivity contribution in [1.29, 1.82) is 0 Å². The second kappa shape index (κ2) is 8.59. The summed E-state index contributed by atoms with van der Waals surface area (Å²) in [5, 5.41) is 13.2. The number of carbonyl (C=O) groups is 2. The van der Waals surface area contributed by atoms with E-state index in [1.807, 2.05) is 30.3 Å².